The number of aromatic nitrogens is 1. The normalized spacial score (nSPS) is 10.8. The van der Waals surface area contributed by atoms with E-state index in [1.165, 1.54) is 13.2 Å². The largest absolute Gasteiger partial charge is 0.414 e. The van der Waals surface area contributed by atoms with Crippen molar-refractivity contribution in [3.63, 3.8) is 0 Å². The van der Waals surface area contributed by atoms with Crippen LogP contribution in [-0.2, 0) is 0 Å². The molecule has 6 nitrogen and oxygen atoms in total. The van der Waals surface area contributed by atoms with Crippen molar-refractivity contribution >= 4 is 23.3 Å². The molecule has 0 aliphatic carbocycles. The SMILES string of the molecule is CNC(=O)c1cnc(OC(=O)NC(C)(C)C)s1. The summed E-state index contributed by atoms with van der Waals surface area (Å²) in [6.45, 7) is 5.52. The first-order valence-corrected chi connectivity index (χ1v) is 5.81. The van der Waals surface area contributed by atoms with E-state index in [9.17, 15) is 9.59 Å². The monoisotopic (exact) mass is 257 g/mol. The third kappa shape index (κ3) is 4.39. The van der Waals surface area contributed by atoms with E-state index in [4.69, 9.17) is 4.74 Å². The van der Waals surface area contributed by atoms with Gasteiger partial charge in [-0.2, -0.15) is 0 Å². The molecule has 2 N–H and O–H groups in total. The zero-order chi connectivity index (χ0) is 13.1. The number of ether oxygens (including phenoxy) is 1. The number of hydrogen-bond acceptors (Lipinski definition) is 5. The highest BCUT2D eigenvalue weighted by Gasteiger charge is 2.17. The van der Waals surface area contributed by atoms with E-state index in [0.717, 1.165) is 11.3 Å². The van der Waals surface area contributed by atoms with Crippen molar-refractivity contribution in [3.05, 3.63) is 11.1 Å². The molecule has 0 saturated carbocycles. The quantitative estimate of drug-likeness (QED) is 0.839. The predicted molar refractivity (Wildman–Crippen MR) is 64.4 cm³/mol. The van der Waals surface area contributed by atoms with Gasteiger partial charge in [-0.15, -0.1) is 0 Å². The van der Waals surface area contributed by atoms with Crippen molar-refractivity contribution in [3.8, 4) is 5.19 Å². The lowest BCUT2D eigenvalue weighted by Gasteiger charge is -2.18. The molecule has 17 heavy (non-hydrogen) atoms. The van der Waals surface area contributed by atoms with Crippen molar-refractivity contribution in [2.45, 2.75) is 26.3 Å². The smallest absolute Gasteiger partial charge is 0.381 e. The Morgan fingerprint density at radius 2 is 2.06 bits per heavy atom. The van der Waals surface area contributed by atoms with Crippen molar-refractivity contribution in [2.75, 3.05) is 7.05 Å². The highest BCUT2D eigenvalue weighted by Crippen LogP contribution is 2.20. The van der Waals surface area contributed by atoms with Gasteiger partial charge in [-0.1, -0.05) is 11.3 Å². The Kier molecular flexibility index (Phi) is 4.06. The van der Waals surface area contributed by atoms with Crippen LogP contribution in [0.1, 0.15) is 30.4 Å². The minimum Gasteiger partial charge on any atom is -0.381 e. The number of carbonyl (C=O) groups is 2. The third-order valence-corrected chi connectivity index (χ3v) is 2.47. The summed E-state index contributed by atoms with van der Waals surface area (Å²) in [5.74, 6) is -0.256. The fourth-order valence-electron chi connectivity index (χ4n) is 0.944. The molecule has 0 saturated heterocycles. The molecule has 94 valence electrons. The van der Waals surface area contributed by atoms with Gasteiger partial charge in [0.15, 0.2) is 0 Å². The van der Waals surface area contributed by atoms with Crippen LogP contribution in [0.15, 0.2) is 6.20 Å². The lowest BCUT2D eigenvalue weighted by Crippen LogP contribution is -2.42. The number of amides is 2. The number of nitrogens with zero attached hydrogens (tertiary/aromatic N) is 1. The summed E-state index contributed by atoms with van der Waals surface area (Å²) in [6, 6.07) is 0. The fraction of sp³-hybridized carbons (Fsp3) is 0.500. The first-order valence-electron chi connectivity index (χ1n) is 5.00. The first kappa shape index (κ1) is 13.4. The molecule has 0 unspecified atom stereocenters. The lowest BCUT2D eigenvalue weighted by molar-refractivity contribution is 0.0967. The van der Waals surface area contributed by atoms with Gasteiger partial charge in [0, 0.05) is 12.6 Å². The van der Waals surface area contributed by atoms with E-state index in [2.05, 4.69) is 15.6 Å². The van der Waals surface area contributed by atoms with Crippen LogP contribution >= 0.6 is 11.3 Å². The molecule has 0 aromatic carbocycles. The maximum Gasteiger partial charge on any atom is 0.414 e. The topological polar surface area (TPSA) is 80.3 Å². The van der Waals surface area contributed by atoms with Crippen LogP contribution in [0.5, 0.6) is 5.19 Å². The maximum absolute atomic E-state index is 11.4. The minimum absolute atomic E-state index is 0.144. The minimum atomic E-state index is -0.588. The summed E-state index contributed by atoms with van der Waals surface area (Å²) in [5.41, 5.74) is -0.377. The molecular formula is C10H15N3O3S. The lowest BCUT2D eigenvalue weighted by atomic mass is 10.1. The van der Waals surface area contributed by atoms with Crippen molar-refractivity contribution in [2.24, 2.45) is 0 Å². The second-order valence-corrected chi connectivity index (χ2v) is 5.33. The second kappa shape index (κ2) is 5.13. The molecule has 0 bridgehead atoms. The summed E-state index contributed by atoms with van der Waals surface area (Å²) in [6.07, 6.45) is 0.777. The molecule has 1 aromatic rings. The van der Waals surface area contributed by atoms with E-state index >= 15 is 0 Å². The molecule has 1 aromatic heterocycles. The molecule has 2 amide bonds. The van der Waals surface area contributed by atoms with Crippen molar-refractivity contribution in [1.29, 1.82) is 0 Å². The van der Waals surface area contributed by atoms with Gasteiger partial charge in [0.25, 0.3) is 11.1 Å². The van der Waals surface area contributed by atoms with Crippen LogP contribution in [0, 0.1) is 0 Å². The Hall–Kier alpha value is -1.63. The summed E-state index contributed by atoms with van der Waals surface area (Å²) in [4.78, 5) is 26.9. The molecule has 0 aliphatic heterocycles. The molecular weight excluding hydrogens is 242 g/mol. The average Bonchev–Trinajstić information content (AvgIpc) is 2.62. The molecule has 0 atom stereocenters. The average molecular weight is 257 g/mol. The summed E-state index contributed by atoms with van der Waals surface area (Å²) >= 11 is 1.01. The van der Waals surface area contributed by atoms with E-state index in [0.29, 0.717) is 4.88 Å². The Labute approximate surface area is 103 Å². The third-order valence-electron chi connectivity index (χ3n) is 1.59. The van der Waals surface area contributed by atoms with Gasteiger partial charge >= 0.3 is 6.09 Å². The van der Waals surface area contributed by atoms with Gasteiger partial charge in [-0.3, -0.25) is 4.79 Å². The van der Waals surface area contributed by atoms with Crippen molar-refractivity contribution in [1.82, 2.24) is 15.6 Å². The van der Waals surface area contributed by atoms with Crippen LogP contribution in [0.3, 0.4) is 0 Å². The number of thiazole rings is 1. The molecule has 0 spiro atoms. The second-order valence-electron chi connectivity index (χ2n) is 4.33. The van der Waals surface area contributed by atoms with Gasteiger partial charge in [0.2, 0.25) is 0 Å². The van der Waals surface area contributed by atoms with Crippen LogP contribution < -0.4 is 15.4 Å². The van der Waals surface area contributed by atoms with E-state index in [1.54, 1.807) is 0 Å². The van der Waals surface area contributed by atoms with Crippen molar-refractivity contribution < 1.29 is 14.3 Å². The summed E-state index contributed by atoms with van der Waals surface area (Å²) in [5, 5.41) is 5.23. The molecule has 1 rings (SSSR count). The van der Waals surface area contributed by atoms with Crippen LogP contribution in [-0.4, -0.2) is 29.6 Å². The molecule has 0 radical (unpaired) electrons. The van der Waals surface area contributed by atoms with Crippen LogP contribution in [0.25, 0.3) is 0 Å². The number of nitrogens with one attached hydrogen (secondary N) is 2. The Balaban J connectivity index is 2.61. The first-order chi connectivity index (χ1) is 7.81. The van der Waals surface area contributed by atoms with Gasteiger partial charge in [0.05, 0.1) is 6.20 Å². The van der Waals surface area contributed by atoms with E-state index < -0.39 is 6.09 Å². The summed E-state index contributed by atoms with van der Waals surface area (Å²) < 4.78 is 4.94. The van der Waals surface area contributed by atoms with Gasteiger partial charge in [-0.25, -0.2) is 9.78 Å². The van der Waals surface area contributed by atoms with Crippen LogP contribution in [0.2, 0.25) is 0 Å². The molecule has 0 fully saturated rings. The molecule has 7 heteroatoms. The van der Waals surface area contributed by atoms with Gasteiger partial charge in [0.1, 0.15) is 4.88 Å². The maximum atomic E-state index is 11.4. The fourth-order valence-corrected chi connectivity index (χ4v) is 1.66. The molecule has 1 heterocycles. The Bertz CT molecular complexity index is 423. The number of carbonyl (C=O) groups excluding carboxylic acids is 2. The predicted octanol–water partition coefficient (Wildman–Crippen LogP) is 1.39. The summed E-state index contributed by atoms with van der Waals surface area (Å²) in [7, 11) is 1.52. The molecule has 0 aliphatic rings. The van der Waals surface area contributed by atoms with E-state index in [-0.39, 0.29) is 16.6 Å². The highest BCUT2D eigenvalue weighted by atomic mass is 32.1. The van der Waals surface area contributed by atoms with Crippen LogP contribution in [0.4, 0.5) is 4.79 Å². The van der Waals surface area contributed by atoms with E-state index in [1.807, 2.05) is 20.8 Å². The zero-order valence-electron chi connectivity index (χ0n) is 10.2. The standard InChI is InChI=1S/C10H15N3O3S/c1-10(2,3)13-8(15)16-9-12-5-6(17-9)7(14)11-4/h5H,1-4H3,(H,11,14)(H,13,15). The highest BCUT2D eigenvalue weighted by molar-refractivity contribution is 7.15. The Morgan fingerprint density at radius 1 is 1.41 bits per heavy atom. The number of hydrogen-bond donors (Lipinski definition) is 2. The zero-order valence-corrected chi connectivity index (χ0v) is 11.0. The van der Waals surface area contributed by atoms with Gasteiger partial charge < -0.3 is 15.4 Å². The Morgan fingerprint density at radius 3 is 2.59 bits per heavy atom. The van der Waals surface area contributed by atoms with Gasteiger partial charge in [-0.05, 0) is 20.8 Å². The number of rotatable bonds is 2.